The summed E-state index contributed by atoms with van der Waals surface area (Å²) in [6, 6.07) is 0. The van der Waals surface area contributed by atoms with E-state index >= 15 is 0 Å². The average molecular weight is 225 g/mol. The van der Waals surface area contributed by atoms with Gasteiger partial charge in [0, 0.05) is 13.1 Å². The lowest BCUT2D eigenvalue weighted by molar-refractivity contribution is 0.0238. The SMILES string of the molecule is CCCCCCCCN1CC(C(C)(C)C)C1. The van der Waals surface area contributed by atoms with Crippen LogP contribution in [0.3, 0.4) is 0 Å². The molecule has 0 aromatic carbocycles. The van der Waals surface area contributed by atoms with Crippen LogP contribution in [0.1, 0.15) is 66.2 Å². The van der Waals surface area contributed by atoms with E-state index in [1.54, 1.807) is 0 Å². The molecule has 0 aromatic rings. The molecular weight excluding hydrogens is 194 g/mol. The maximum absolute atomic E-state index is 2.63. The Kier molecular flexibility index (Phi) is 5.82. The van der Waals surface area contributed by atoms with Crippen molar-refractivity contribution in [2.24, 2.45) is 11.3 Å². The molecule has 0 amide bonds. The molecule has 0 unspecified atom stereocenters. The molecule has 96 valence electrons. The van der Waals surface area contributed by atoms with E-state index in [1.165, 1.54) is 58.2 Å². The second kappa shape index (κ2) is 6.64. The quantitative estimate of drug-likeness (QED) is 0.583. The molecule has 0 bridgehead atoms. The minimum absolute atomic E-state index is 0.525. The van der Waals surface area contributed by atoms with Crippen molar-refractivity contribution in [3.63, 3.8) is 0 Å². The van der Waals surface area contributed by atoms with Gasteiger partial charge in [0.1, 0.15) is 0 Å². The Hall–Kier alpha value is -0.0400. The Bertz CT molecular complexity index is 174. The molecule has 16 heavy (non-hydrogen) atoms. The molecule has 1 nitrogen and oxygen atoms in total. The van der Waals surface area contributed by atoms with Crippen LogP contribution in [0.15, 0.2) is 0 Å². The molecule has 1 saturated heterocycles. The third kappa shape index (κ3) is 4.86. The van der Waals surface area contributed by atoms with Gasteiger partial charge in [0.15, 0.2) is 0 Å². The van der Waals surface area contributed by atoms with Crippen molar-refractivity contribution in [1.82, 2.24) is 4.90 Å². The van der Waals surface area contributed by atoms with Crippen molar-refractivity contribution < 1.29 is 0 Å². The zero-order valence-corrected chi connectivity index (χ0v) is 11.9. The lowest BCUT2D eigenvalue weighted by Crippen LogP contribution is -2.52. The van der Waals surface area contributed by atoms with Crippen molar-refractivity contribution in [1.29, 1.82) is 0 Å². The van der Waals surface area contributed by atoms with E-state index in [9.17, 15) is 0 Å². The minimum Gasteiger partial charge on any atom is -0.303 e. The summed E-state index contributed by atoms with van der Waals surface area (Å²) in [5, 5.41) is 0. The summed E-state index contributed by atoms with van der Waals surface area (Å²) in [6.07, 6.45) is 8.54. The third-order valence-electron chi connectivity index (χ3n) is 4.01. The standard InChI is InChI=1S/C15H31N/c1-5-6-7-8-9-10-11-16-12-14(13-16)15(2,3)4/h14H,5-13H2,1-4H3. The molecule has 1 rings (SSSR count). The molecule has 0 saturated carbocycles. The van der Waals surface area contributed by atoms with Gasteiger partial charge in [-0.25, -0.2) is 0 Å². The highest BCUT2D eigenvalue weighted by Crippen LogP contribution is 2.33. The summed E-state index contributed by atoms with van der Waals surface area (Å²) < 4.78 is 0. The van der Waals surface area contributed by atoms with Crippen LogP contribution < -0.4 is 0 Å². The van der Waals surface area contributed by atoms with Gasteiger partial charge in [0.05, 0.1) is 0 Å². The predicted octanol–water partition coefficient (Wildman–Crippen LogP) is 4.32. The molecule has 0 aromatic heterocycles. The highest BCUT2D eigenvalue weighted by molar-refractivity contribution is 4.87. The average Bonchev–Trinajstić information content (AvgIpc) is 2.11. The van der Waals surface area contributed by atoms with E-state index in [1.807, 2.05) is 0 Å². The van der Waals surface area contributed by atoms with E-state index in [0.717, 1.165) is 5.92 Å². The molecule has 1 fully saturated rings. The lowest BCUT2D eigenvalue weighted by Gasteiger charge is -2.46. The molecule has 1 heteroatoms. The Morgan fingerprint density at radius 2 is 1.50 bits per heavy atom. The van der Waals surface area contributed by atoms with Gasteiger partial charge in [-0.2, -0.15) is 0 Å². The van der Waals surface area contributed by atoms with Gasteiger partial charge < -0.3 is 4.90 Å². The third-order valence-corrected chi connectivity index (χ3v) is 4.01. The summed E-state index contributed by atoms with van der Waals surface area (Å²) >= 11 is 0. The van der Waals surface area contributed by atoms with Gasteiger partial charge in [-0.1, -0.05) is 59.8 Å². The van der Waals surface area contributed by atoms with Gasteiger partial charge >= 0.3 is 0 Å². The fourth-order valence-electron chi connectivity index (χ4n) is 2.42. The van der Waals surface area contributed by atoms with Gasteiger partial charge in [0.25, 0.3) is 0 Å². The van der Waals surface area contributed by atoms with Crippen molar-refractivity contribution >= 4 is 0 Å². The highest BCUT2D eigenvalue weighted by atomic mass is 15.2. The first-order valence-corrected chi connectivity index (χ1v) is 7.26. The summed E-state index contributed by atoms with van der Waals surface area (Å²) in [7, 11) is 0. The Labute approximate surface area is 103 Å². The van der Waals surface area contributed by atoms with Crippen LogP contribution in [-0.4, -0.2) is 24.5 Å². The maximum Gasteiger partial charge on any atom is 0.00270 e. The first-order valence-electron chi connectivity index (χ1n) is 7.26. The van der Waals surface area contributed by atoms with E-state index < -0.39 is 0 Å². The zero-order valence-electron chi connectivity index (χ0n) is 11.9. The summed E-state index contributed by atoms with van der Waals surface area (Å²) in [5.41, 5.74) is 0.525. The largest absolute Gasteiger partial charge is 0.303 e. The van der Waals surface area contributed by atoms with Crippen LogP contribution in [0, 0.1) is 11.3 Å². The fourth-order valence-corrected chi connectivity index (χ4v) is 2.42. The molecule has 0 radical (unpaired) electrons. The van der Waals surface area contributed by atoms with Crippen molar-refractivity contribution in [2.75, 3.05) is 19.6 Å². The van der Waals surface area contributed by atoms with Crippen molar-refractivity contribution in [3.8, 4) is 0 Å². The number of hydrogen-bond acceptors (Lipinski definition) is 1. The molecule has 1 heterocycles. The van der Waals surface area contributed by atoms with Crippen LogP contribution >= 0.6 is 0 Å². The molecule has 0 atom stereocenters. The number of rotatable bonds is 7. The number of unbranched alkanes of at least 4 members (excludes halogenated alkanes) is 5. The zero-order chi connectivity index (χ0) is 12.0. The second-order valence-electron chi connectivity index (χ2n) is 6.59. The topological polar surface area (TPSA) is 3.24 Å². The van der Waals surface area contributed by atoms with Crippen LogP contribution in [-0.2, 0) is 0 Å². The van der Waals surface area contributed by atoms with E-state index in [0.29, 0.717) is 5.41 Å². The minimum atomic E-state index is 0.525. The summed E-state index contributed by atoms with van der Waals surface area (Å²) in [4.78, 5) is 2.63. The normalized spacial score (nSPS) is 18.8. The molecule has 1 aliphatic rings. The molecule has 1 aliphatic heterocycles. The Morgan fingerprint density at radius 1 is 0.938 bits per heavy atom. The van der Waals surface area contributed by atoms with Gasteiger partial charge in [0.2, 0.25) is 0 Å². The lowest BCUT2D eigenvalue weighted by atomic mass is 9.76. The van der Waals surface area contributed by atoms with Crippen LogP contribution in [0.5, 0.6) is 0 Å². The van der Waals surface area contributed by atoms with Gasteiger partial charge in [-0.05, 0) is 24.3 Å². The molecule has 0 spiro atoms. The van der Waals surface area contributed by atoms with Crippen LogP contribution in [0.4, 0.5) is 0 Å². The van der Waals surface area contributed by atoms with E-state index in [4.69, 9.17) is 0 Å². The fraction of sp³-hybridized carbons (Fsp3) is 1.00. The molecular formula is C15H31N. The maximum atomic E-state index is 2.63. The number of likely N-dealkylation sites (tertiary alicyclic amines) is 1. The van der Waals surface area contributed by atoms with Crippen molar-refractivity contribution in [2.45, 2.75) is 66.2 Å². The predicted molar refractivity (Wildman–Crippen MR) is 72.8 cm³/mol. The van der Waals surface area contributed by atoms with Crippen molar-refractivity contribution in [3.05, 3.63) is 0 Å². The van der Waals surface area contributed by atoms with Crippen LogP contribution in [0.25, 0.3) is 0 Å². The van der Waals surface area contributed by atoms with Gasteiger partial charge in [-0.3, -0.25) is 0 Å². The van der Waals surface area contributed by atoms with E-state index in [-0.39, 0.29) is 0 Å². The van der Waals surface area contributed by atoms with Crippen LogP contribution in [0.2, 0.25) is 0 Å². The Morgan fingerprint density at radius 3 is 2.06 bits per heavy atom. The highest BCUT2D eigenvalue weighted by Gasteiger charge is 2.34. The summed E-state index contributed by atoms with van der Waals surface area (Å²) in [5.74, 6) is 0.938. The summed E-state index contributed by atoms with van der Waals surface area (Å²) in [6.45, 7) is 13.4. The number of nitrogens with zero attached hydrogens (tertiary/aromatic N) is 1. The van der Waals surface area contributed by atoms with E-state index in [2.05, 4.69) is 32.6 Å². The first-order chi connectivity index (χ1) is 7.54. The smallest absolute Gasteiger partial charge is 0.00270 e. The van der Waals surface area contributed by atoms with Gasteiger partial charge in [-0.15, -0.1) is 0 Å². The molecule has 0 aliphatic carbocycles. The first kappa shape index (κ1) is 14.0. The number of hydrogen-bond donors (Lipinski definition) is 0. The molecule has 0 N–H and O–H groups in total. The monoisotopic (exact) mass is 225 g/mol. The Balaban J connectivity index is 1.90. The second-order valence-corrected chi connectivity index (χ2v) is 6.59.